The molecule has 1 amide bonds. The SMILES string of the molecule is CCCCc1ccc2nc(NC(=O)c3cnccn3)sc2c1. The van der Waals surface area contributed by atoms with Gasteiger partial charge in [-0.1, -0.05) is 30.7 Å². The van der Waals surface area contributed by atoms with Gasteiger partial charge < -0.3 is 0 Å². The molecule has 0 bridgehead atoms. The number of nitrogens with one attached hydrogen (secondary N) is 1. The Kier molecular flexibility index (Phi) is 4.39. The Bertz CT molecular complexity index is 785. The number of carbonyl (C=O) groups is 1. The summed E-state index contributed by atoms with van der Waals surface area (Å²) in [5.74, 6) is -0.293. The van der Waals surface area contributed by atoms with E-state index in [4.69, 9.17) is 0 Å². The van der Waals surface area contributed by atoms with Gasteiger partial charge in [0.25, 0.3) is 5.91 Å². The molecule has 5 nitrogen and oxygen atoms in total. The minimum absolute atomic E-state index is 0.283. The number of nitrogens with zero attached hydrogens (tertiary/aromatic N) is 3. The number of aromatic nitrogens is 3. The molecule has 0 atom stereocenters. The molecule has 0 saturated heterocycles. The van der Waals surface area contributed by atoms with Crippen molar-refractivity contribution in [2.24, 2.45) is 0 Å². The summed E-state index contributed by atoms with van der Waals surface area (Å²) in [6.45, 7) is 2.19. The fourth-order valence-corrected chi connectivity index (χ4v) is 3.06. The monoisotopic (exact) mass is 312 g/mol. The minimum Gasteiger partial charge on any atom is -0.296 e. The maximum atomic E-state index is 12.1. The molecule has 0 saturated carbocycles. The highest BCUT2D eigenvalue weighted by atomic mass is 32.1. The average Bonchev–Trinajstić information content (AvgIpc) is 2.95. The summed E-state index contributed by atoms with van der Waals surface area (Å²) in [5.41, 5.74) is 2.50. The summed E-state index contributed by atoms with van der Waals surface area (Å²) in [7, 11) is 0. The van der Waals surface area contributed by atoms with Crippen molar-refractivity contribution in [2.75, 3.05) is 5.32 Å². The van der Waals surface area contributed by atoms with Crippen molar-refractivity contribution < 1.29 is 4.79 Å². The van der Waals surface area contributed by atoms with Crippen LogP contribution in [0, 0.1) is 0 Å². The van der Waals surface area contributed by atoms with Crippen molar-refractivity contribution in [1.82, 2.24) is 15.0 Å². The fourth-order valence-electron chi connectivity index (χ4n) is 2.14. The summed E-state index contributed by atoms with van der Waals surface area (Å²) in [5, 5.41) is 3.36. The first-order valence-electron chi connectivity index (χ1n) is 7.23. The molecule has 0 spiro atoms. The zero-order chi connectivity index (χ0) is 15.4. The van der Waals surface area contributed by atoms with Crippen LogP contribution < -0.4 is 5.32 Å². The second-order valence-corrected chi connectivity index (χ2v) is 6.00. The van der Waals surface area contributed by atoms with Gasteiger partial charge in [0.1, 0.15) is 5.69 Å². The van der Waals surface area contributed by atoms with Crippen LogP contribution in [0.3, 0.4) is 0 Å². The van der Waals surface area contributed by atoms with Crippen LogP contribution in [0.5, 0.6) is 0 Å². The van der Waals surface area contributed by atoms with Gasteiger partial charge in [0, 0.05) is 12.4 Å². The quantitative estimate of drug-likeness (QED) is 0.780. The highest BCUT2D eigenvalue weighted by molar-refractivity contribution is 7.22. The number of unbranched alkanes of at least 4 members (excludes halogenated alkanes) is 1. The lowest BCUT2D eigenvalue weighted by Crippen LogP contribution is -2.13. The number of thiazole rings is 1. The zero-order valence-electron chi connectivity index (χ0n) is 12.2. The molecule has 22 heavy (non-hydrogen) atoms. The molecule has 0 aliphatic rings. The first-order valence-corrected chi connectivity index (χ1v) is 8.04. The van der Waals surface area contributed by atoms with Crippen LogP contribution in [0.4, 0.5) is 5.13 Å². The lowest BCUT2D eigenvalue weighted by Gasteiger charge is -1.98. The molecule has 6 heteroatoms. The lowest BCUT2D eigenvalue weighted by atomic mass is 10.1. The van der Waals surface area contributed by atoms with Crippen molar-refractivity contribution >= 4 is 32.6 Å². The van der Waals surface area contributed by atoms with E-state index >= 15 is 0 Å². The number of fused-ring (bicyclic) bond motifs is 1. The zero-order valence-corrected chi connectivity index (χ0v) is 13.1. The molecule has 1 aromatic carbocycles. The van der Waals surface area contributed by atoms with Gasteiger partial charge in [0.2, 0.25) is 0 Å². The van der Waals surface area contributed by atoms with Crippen LogP contribution in [-0.2, 0) is 6.42 Å². The third-order valence-corrected chi connectivity index (χ3v) is 4.22. The van der Waals surface area contributed by atoms with E-state index in [9.17, 15) is 4.79 Å². The van der Waals surface area contributed by atoms with Crippen molar-refractivity contribution in [3.63, 3.8) is 0 Å². The van der Waals surface area contributed by atoms with E-state index in [2.05, 4.69) is 39.3 Å². The van der Waals surface area contributed by atoms with Crippen molar-refractivity contribution in [3.8, 4) is 0 Å². The Hall–Kier alpha value is -2.34. The average molecular weight is 312 g/mol. The standard InChI is InChI=1S/C16H16N4OS/c1-2-3-4-11-5-6-12-14(9-11)22-16(19-12)20-15(21)13-10-17-7-8-18-13/h5-10H,2-4H2,1H3,(H,19,20,21). The molecule has 2 aromatic heterocycles. The third-order valence-electron chi connectivity index (χ3n) is 3.29. The molecular weight excluding hydrogens is 296 g/mol. The predicted octanol–water partition coefficient (Wildman–Crippen LogP) is 3.68. The summed E-state index contributed by atoms with van der Waals surface area (Å²) in [6, 6.07) is 6.27. The Morgan fingerprint density at radius 2 is 2.23 bits per heavy atom. The molecule has 0 aliphatic carbocycles. The van der Waals surface area contributed by atoms with Gasteiger partial charge >= 0.3 is 0 Å². The molecule has 3 aromatic rings. The number of hydrogen-bond acceptors (Lipinski definition) is 5. The fraction of sp³-hybridized carbons (Fsp3) is 0.250. The van der Waals surface area contributed by atoms with Crippen LogP contribution in [0.15, 0.2) is 36.8 Å². The number of carbonyl (C=O) groups excluding carboxylic acids is 1. The smallest absolute Gasteiger partial charge is 0.277 e. The van der Waals surface area contributed by atoms with Gasteiger partial charge in [-0.3, -0.25) is 15.1 Å². The van der Waals surface area contributed by atoms with Crippen LogP contribution in [-0.4, -0.2) is 20.9 Å². The van der Waals surface area contributed by atoms with E-state index in [1.165, 1.54) is 48.3 Å². The van der Waals surface area contributed by atoms with E-state index in [1.807, 2.05) is 6.07 Å². The molecule has 0 fully saturated rings. The van der Waals surface area contributed by atoms with Crippen LogP contribution >= 0.6 is 11.3 Å². The first-order chi connectivity index (χ1) is 10.8. The van der Waals surface area contributed by atoms with Gasteiger partial charge in [0.05, 0.1) is 16.4 Å². The summed E-state index contributed by atoms with van der Waals surface area (Å²) >= 11 is 1.48. The Balaban J connectivity index is 1.78. The third kappa shape index (κ3) is 3.28. The van der Waals surface area contributed by atoms with Gasteiger partial charge in [0.15, 0.2) is 5.13 Å². The van der Waals surface area contributed by atoms with E-state index in [-0.39, 0.29) is 11.6 Å². The van der Waals surface area contributed by atoms with Gasteiger partial charge in [-0.15, -0.1) is 0 Å². The number of aryl methyl sites for hydroxylation is 1. The van der Waals surface area contributed by atoms with Crippen molar-refractivity contribution in [3.05, 3.63) is 48.0 Å². The maximum absolute atomic E-state index is 12.1. The highest BCUT2D eigenvalue weighted by Crippen LogP contribution is 2.27. The Labute approximate surface area is 132 Å². The molecule has 0 radical (unpaired) electrons. The molecular formula is C16H16N4OS. The molecule has 2 heterocycles. The van der Waals surface area contributed by atoms with Gasteiger partial charge in [-0.25, -0.2) is 9.97 Å². The summed E-state index contributed by atoms with van der Waals surface area (Å²) in [6.07, 6.45) is 7.90. The second-order valence-electron chi connectivity index (χ2n) is 4.97. The van der Waals surface area contributed by atoms with E-state index < -0.39 is 0 Å². The Morgan fingerprint density at radius 1 is 1.32 bits per heavy atom. The van der Waals surface area contributed by atoms with E-state index in [1.54, 1.807) is 0 Å². The van der Waals surface area contributed by atoms with E-state index in [0.717, 1.165) is 16.6 Å². The van der Waals surface area contributed by atoms with Gasteiger partial charge in [-0.05, 0) is 30.5 Å². The summed E-state index contributed by atoms with van der Waals surface area (Å²) < 4.78 is 1.09. The maximum Gasteiger partial charge on any atom is 0.277 e. The predicted molar refractivity (Wildman–Crippen MR) is 88.2 cm³/mol. The largest absolute Gasteiger partial charge is 0.296 e. The van der Waals surface area contributed by atoms with E-state index in [0.29, 0.717) is 5.13 Å². The van der Waals surface area contributed by atoms with Crippen LogP contribution in [0.25, 0.3) is 10.2 Å². The molecule has 1 N–H and O–H groups in total. The number of hydrogen-bond donors (Lipinski definition) is 1. The topological polar surface area (TPSA) is 67.8 Å². The van der Waals surface area contributed by atoms with Crippen molar-refractivity contribution in [1.29, 1.82) is 0 Å². The first kappa shape index (κ1) is 14.6. The van der Waals surface area contributed by atoms with Crippen LogP contribution in [0.1, 0.15) is 35.8 Å². The lowest BCUT2D eigenvalue weighted by molar-refractivity contribution is 0.102. The number of anilines is 1. The summed E-state index contributed by atoms with van der Waals surface area (Å²) in [4.78, 5) is 24.4. The Morgan fingerprint density at radius 3 is 3.00 bits per heavy atom. The normalized spacial score (nSPS) is 10.8. The number of rotatable bonds is 5. The number of amides is 1. The molecule has 3 rings (SSSR count). The molecule has 0 aliphatic heterocycles. The minimum atomic E-state index is -0.293. The van der Waals surface area contributed by atoms with Crippen LogP contribution in [0.2, 0.25) is 0 Å². The molecule has 0 unspecified atom stereocenters. The highest BCUT2D eigenvalue weighted by Gasteiger charge is 2.11. The van der Waals surface area contributed by atoms with Crippen molar-refractivity contribution in [2.45, 2.75) is 26.2 Å². The second kappa shape index (κ2) is 6.62. The number of benzene rings is 1. The molecule has 112 valence electrons. The van der Waals surface area contributed by atoms with Gasteiger partial charge in [-0.2, -0.15) is 0 Å².